The lowest BCUT2D eigenvalue weighted by atomic mass is 9.98. The van der Waals surface area contributed by atoms with Gasteiger partial charge in [-0.05, 0) is 56.2 Å². The highest BCUT2D eigenvalue weighted by molar-refractivity contribution is 5.78. The zero-order valence-electron chi connectivity index (χ0n) is 11.4. The van der Waals surface area contributed by atoms with Crippen LogP contribution in [-0.4, -0.2) is 28.1 Å². The van der Waals surface area contributed by atoms with Crippen LogP contribution in [0.1, 0.15) is 49.7 Å². The van der Waals surface area contributed by atoms with E-state index < -0.39 is 11.5 Å². The molecule has 0 spiro atoms. The number of hydrogen-bond acceptors (Lipinski definition) is 2. The Labute approximate surface area is 114 Å². The van der Waals surface area contributed by atoms with Gasteiger partial charge in [0, 0.05) is 6.54 Å². The molecule has 1 aliphatic carbocycles. The quantitative estimate of drug-likeness (QED) is 0.903. The van der Waals surface area contributed by atoms with Gasteiger partial charge in [-0.3, -0.25) is 9.69 Å². The lowest BCUT2D eigenvalue weighted by Crippen LogP contribution is -2.47. The van der Waals surface area contributed by atoms with E-state index in [0.29, 0.717) is 0 Å². The molecule has 1 aliphatic heterocycles. The summed E-state index contributed by atoms with van der Waals surface area (Å²) in [5.74, 6) is 0.0877. The molecule has 102 valence electrons. The molecule has 3 heteroatoms. The summed E-state index contributed by atoms with van der Waals surface area (Å²) in [4.78, 5) is 13.5. The summed E-state index contributed by atoms with van der Waals surface area (Å²) in [5, 5.41) is 9.40. The molecule has 1 atom stereocenters. The average Bonchev–Trinajstić information content (AvgIpc) is 3.17. The Hall–Kier alpha value is -1.35. The molecule has 19 heavy (non-hydrogen) atoms. The molecule has 2 fully saturated rings. The van der Waals surface area contributed by atoms with Crippen molar-refractivity contribution in [3.05, 3.63) is 35.4 Å². The van der Waals surface area contributed by atoms with Crippen LogP contribution < -0.4 is 0 Å². The number of benzene rings is 1. The Morgan fingerprint density at radius 3 is 2.63 bits per heavy atom. The monoisotopic (exact) mass is 259 g/mol. The van der Waals surface area contributed by atoms with Gasteiger partial charge in [-0.1, -0.05) is 24.3 Å². The number of likely N-dealkylation sites (tertiary alicyclic amines) is 1. The van der Waals surface area contributed by atoms with Crippen molar-refractivity contribution in [3.8, 4) is 0 Å². The van der Waals surface area contributed by atoms with E-state index in [1.807, 2.05) is 6.92 Å². The summed E-state index contributed by atoms with van der Waals surface area (Å²) < 4.78 is 0. The summed E-state index contributed by atoms with van der Waals surface area (Å²) >= 11 is 0. The van der Waals surface area contributed by atoms with Crippen LogP contribution in [0.5, 0.6) is 0 Å². The SMILES string of the molecule is CC1(C(=O)O)CCCN1Cc1ccc(C2CC2)cc1. The Balaban J connectivity index is 1.71. The maximum Gasteiger partial charge on any atom is 0.323 e. The number of carbonyl (C=O) groups is 1. The Morgan fingerprint density at radius 1 is 1.37 bits per heavy atom. The molecule has 1 saturated heterocycles. The van der Waals surface area contributed by atoms with Crippen molar-refractivity contribution in [2.75, 3.05) is 6.54 Å². The van der Waals surface area contributed by atoms with Crippen molar-refractivity contribution in [1.82, 2.24) is 4.90 Å². The van der Waals surface area contributed by atoms with Crippen LogP contribution in [0.3, 0.4) is 0 Å². The Kier molecular flexibility index (Phi) is 3.09. The summed E-state index contributed by atoms with van der Waals surface area (Å²) in [7, 11) is 0. The highest BCUT2D eigenvalue weighted by atomic mass is 16.4. The molecule has 1 aromatic carbocycles. The van der Waals surface area contributed by atoms with Gasteiger partial charge in [-0.15, -0.1) is 0 Å². The molecule has 0 bridgehead atoms. The van der Waals surface area contributed by atoms with E-state index in [9.17, 15) is 9.90 Å². The first kappa shape index (κ1) is 12.7. The third kappa shape index (κ3) is 2.39. The molecule has 1 N–H and O–H groups in total. The van der Waals surface area contributed by atoms with Gasteiger partial charge in [0.2, 0.25) is 0 Å². The lowest BCUT2D eigenvalue weighted by molar-refractivity contribution is -0.148. The minimum absolute atomic E-state index is 0.685. The molecule has 1 aromatic rings. The fourth-order valence-electron chi connectivity index (χ4n) is 3.05. The molecule has 0 aromatic heterocycles. The zero-order chi connectivity index (χ0) is 13.5. The van der Waals surface area contributed by atoms with Gasteiger partial charge < -0.3 is 5.11 Å². The first-order valence-corrected chi connectivity index (χ1v) is 7.17. The second-order valence-corrected chi connectivity index (χ2v) is 6.12. The molecule has 1 heterocycles. The first-order chi connectivity index (χ1) is 9.09. The Morgan fingerprint density at radius 2 is 2.05 bits per heavy atom. The first-order valence-electron chi connectivity index (χ1n) is 7.17. The van der Waals surface area contributed by atoms with E-state index in [2.05, 4.69) is 29.2 Å². The highest BCUT2D eigenvalue weighted by Gasteiger charge is 2.43. The van der Waals surface area contributed by atoms with Crippen LogP contribution in [0.25, 0.3) is 0 Å². The van der Waals surface area contributed by atoms with Crippen LogP contribution in [0.15, 0.2) is 24.3 Å². The standard InChI is InChI=1S/C16H21NO2/c1-16(15(18)19)9-2-10-17(16)11-12-3-5-13(6-4-12)14-7-8-14/h3-6,14H,2,7-11H2,1H3,(H,18,19). The molecular formula is C16H21NO2. The number of carboxylic acids is 1. The second-order valence-electron chi connectivity index (χ2n) is 6.12. The van der Waals surface area contributed by atoms with E-state index in [1.165, 1.54) is 24.0 Å². The van der Waals surface area contributed by atoms with E-state index in [1.54, 1.807) is 0 Å². The lowest BCUT2D eigenvalue weighted by Gasteiger charge is -2.31. The van der Waals surface area contributed by atoms with E-state index >= 15 is 0 Å². The van der Waals surface area contributed by atoms with Gasteiger partial charge in [0.1, 0.15) is 5.54 Å². The minimum Gasteiger partial charge on any atom is -0.480 e. The molecule has 0 radical (unpaired) electrons. The molecule has 3 nitrogen and oxygen atoms in total. The summed E-state index contributed by atoms with van der Waals surface area (Å²) in [6.07, 6.45) is 4.37. The smallest absolute Gasteiger partial charge is 0.323 e. The van der Waals surface area contributed by atoms with Gasteiger partial charge in [-0.25, -0.2) is 0 Å². The van der Waals surface area contributed by atoms with Gasteiger partial charge in [0.05, 0.1) is 0 Å². The van der Waals surface area contributed by atoms with E-state index in [0.717, 1.165) is 31.8 Å². The fourth-order valence-corrected chi connectivity index (χ4v) is 3.05. The summed E-state index contributed by atoms with van der Waals surface area (Å²) in [5.41, 5.74) is 1.97. The van der Waals surface area contributed by atoms with Crippen molar-refractivity contribution < 1.29 is 9.90 Å². The topological polar surface area (TPSA) is 40.5 Å². The minimum atomic E-state index is -0.695. The summed E-state index contributed by atoms with van der Waals surface area (Å²) in [6.45, 7) is 3.47. The normalized spacial score (nSPS) is 27.6. The Bertz CT molecular complexity index is 478. The highest BCUT2D eigenvalue weighted by Crippen LogP contribution is 2.40. The molecule has 1 unspecified atom stereocenters. The van der Waals surface area contributed by atoms with Crippen molar-refractivity contribution in [3.63, 3.8) is 0 Å². The average molecular weight is 259 g/mol. The number of nitrogens with zero attached hydrogens (tertiary/aromatic N) is 1. The van der Waals surface area contributed by atoms with Gasteiger partial charge >= 0.3 is 5.97 Å². The number of hydrogen-bond donors (Lipinski definition) is 1. The molecule has 0 amide bonds. The zero-order valence-corrected chi connectivity index (χ0v) is 11.4. The predicted molar refractivity (Wildman–Crippen MR) is 74.1 cm³/mol. The van der Waals surface area contributed by atoms with Gasteiger partial charge in [0.25, 0.3) is 0 Å². The van der Waals surface area contributed by atoms with Crippen molar-refractivity contribution >= 4 is 5.97 Å². The third-order valence-corrected chi connectivity index (χ3v) is 4.65. The molecule has 2 aliphatic rings. The van der Waals surface area contributed by atoms with Crippen molar-refractivity contribution in [2.45, 2.75) is 50.6 Å². The second kappa shape index (κ2) is 4.64. The predicted octanol–water partition coefficient (Wildman–Crippen LogP) is 3.00. The number of carboxylic acid groups (broad SMARTS) is 1. The van der Waals surface area contributed by atoms with Crippen LogP contribution in [-0.2, 0) is 11.3 Å². The maximum atomic E-state index is 11.4. The number of rotatable bonds is 4. The number of aliphatic carboxylic acids is 1. The largest absolute Gasteiger partial charge is 0.480 e. The van der Waals surface area contributed by atoms with Crippen molar-refractivity contribution in [1.29, 1.82) is 0 Å². The molecule has 3 rings (SSSR count). The van der Waals surface area contributed by atoms with Crippen molar-refractivity contribution in [2.24, 2.45) is 0 Å². The van der Waals surface area contributed by atoms with Crippen LogP contribution >= 0.6 is 0 Å². The molecule has 1 saturated carbocycles. The van der Waals surface area contributed by atoms with Crippen LogP contribution in [0, 0.1) is 0 Å². The maximum absolute atomic E-state index is 11.4. The van der Waals surface area contributed by atoms with E-state index in [-0.39, 0.29) is 0 Å². The van der Waals surface area contributed by atoms with Gasteiger partial charge in [-0.2, -0.15) is 0 Å². The fraction of sp³-hybridized carbons (Fsp3) is 0.562. The van der Waals surface area contributed by atoms with Gasteiger partial charge in [0.15, 0.2) is 0 Å². The van der Waals surface area contributed by atoms with E-state index in [4.69, 9.17) is 0 Å². The van der Waals surface area contributed by atoms with Crippen LogP contribution in [0.2, 0.25) is 0 Å². The third-order valence-electron chi connectivity index (χ3n) is 4.65. The summed E-state index contributed by atoms with van der Waals surface area (Å²) in [6, 6.07) is 8.74. The van der Waals surface area contributed by atoms with Crippen LogP contribution in [0.4, 0.5) is 0 Å². The molecular weight excluding hydrogens is 238 g/mol.